The first-order valence-electron chi connectivity index (χ1n) is 7.07. The van der Waals surface area contributed by atoms with Crippen molar-refractivity contribution in [2.45, 2.75) is 64.6 Å². The first kappa shape index (κ1) is 13.7. The Labute approximate surface area is 113 Å². The van der Waals surface area contributed by atoms with Crippen molar-refractivity contribution < 1.29 is 4.74 Å². The highest BCUT2D eigenvalue weighted by molar-refractivity contribution is 7.10. The maximum atomic E-state index is 5.99. The van der Waals surface area contributed by atoms with E-state index < -0.39 is 0 Å². The topological polar surface area (TPSA) is 47.0 Å². The van der Waals surface area contributed by atoms with Gasteiger partial charge in [-0.2, -0.15) is 0 Å². The minimum absolute atomic E-state index is 0.424. The maximum Gasteiger partial charge on any atom is 0.135 e. The molecular weight excluding hydrogens is 246 g/mol. The van der Waals surface area contributed by atoms with Crippen LogP contribution in [-0.4, -0.2) is 22.2 Å². The number of rotatable bonds is 6. The van der Waals surface area contributed by atoms with Crippen LogP contribution in [0.15, 0.2) is 0 Å². The number of anilines is 1. The number of hydrogen-bond acceptors (Lipinski definition) is 5. The molecule has 0 spiro atoms. The first-order chi connectivity index (χ1) is 8.90. The van der Waals surface area contributed by atoms with Crippen molar-refractivity contribution in [3.63, 3.8) is 0 Å². The molecule has 0 aliphatic heterocycles. The summed E-state index contributed by atoms with van der Waals surface area (Å²) in [5, 5.41) is 8.59. The van der Waals surface area contributed by atoms with Crippen molar-refractivity contribution in [2.75, 3.05) is 11.9 Å². The van der Waals surface area contributed by atoms with Crippen molar-refractivity contribution in [1.82, 2.24) is 9.59 Å². The summed E-state index contributed by atoms with van der Waals surface area (Å²) >= 11 is 1.43. The lowest BCUT2D eigenvalue weighted by molar-refractivity contribution is 0.0295. The molecule has 18 heavy (non-hydrogen) atoms. The van der Waals surface area contributed by atoms with Crippen molar-refractivity contribution in [1.29, 1.82) is 0 Å². The van der Waals surface area contributed by atoms with Gasteiger partial charge in [0.1, 0.15) is 10.7 Å². The quantitative estimate of drug-likeness (QED) is 0.802. The summed E-state index contributed by atoms with van der Waals surface area (Å²) in [5.74, 6) is 0. The van der Waals surface area contributed by atoms with Crippen LogP contribution in [0.3, 0.4) is 0 Å². The zero-order chi connectivity index (χ0) is 12.6. The minimum Gasteiger partial charge on any atom is -0.374 e. The van der Waals surface area contributed by atoms with Gasteiger partial charge in [0.05, 0.1) is 12.7 Å². The predicted octanol–water partition coefficient (Wildman–Crippen LogP) is 3.60. The summed E-state index contributed by atoms with van der Waals surface area (Å²) in [5.41, 5.74) is 0.970. The molecule has 1 fully saturated rings. The lowest BCUT2D eigenvalue weighted by atomic mass is 10.1. The fourth-order valence-corrected chi connectivity index (χ4v) is 2.87. The molecule has 0 saturated heterocycles. The van der Waals surface area contributed by atoms with Gasteiger partial charge in [-0.05, 0) is 19.3 Å². The molecule has 1 saturated carbocycles. The van der Waals surface area contributed by atoms with Gasteiger partial charge in [-0.1, -0.05) is 37.1 Å². The van der Waals surface area contributed by atoms with Gasteiger partial charge in [0.2, 0.25) is 0 Å². The zero-order valence-corrected chi connectivity index (χ0v) is 12.0. The van der Waals surface area contributed by atoms with E-state index in [0.29, 0.717) is 12.7 Å². The van der Waals surface area contributed by atoms with Crippen LogP contribution >= 0.6 is 11.5 Å². The second-order valence-corrected chi connectivity index (χ2v) is 5.65. The molecule has 1 aromatic heterocycles. The van der Waals surface area contributed by atoms with Crippen LogP contribution in [0.2, 0.25) is 0 Å². The van der Waals surface area contributed by atoms with E-state index in [9.17, 15) is 0 Å². The lowest BCUT2D eigenvalue weighted by Crippen LogP contribution is -2.12. The Kier molecular flexibility index (Phi) is 5.87. The van der Waals surface area contributed by atoms with Crippen LogP contribution in [0, 0.1) is 0 Å². The monoisotopic (exact) mass is 269 g/mol. The van der Waals surface area contributed by atoms with Crippen molar-refractivity contribution in [3.8, 4) is 0 Å². The Morgan fingerprint density at radius 2 is 2.06 bits per heavy atom. The third kappa shape index (κ3) is 4.21. The van der Waals surface area contributed by atoms with Crippen LogP contribution in [0.5, 0.6) is 0 Å². The summed E-state index contributed by atoms with van der Waals surface area (Å²) in [6, 6.07) is 0. The molecule has 5 heteroatoms. The van der Waals surface area contributed by atoms with E-state index in [-0.39, 0.29) is 0 Å². The summed E-state index contributed by atoms with van der Waals surface area (Å²) in [6.45, 7) is 3.73. The van der Waals surface area contributed by atoms with Crippen LogP contribution in [-0.2, 0) is 11.3 Å². The van der Waals surface area contributed by atoms with Gasteiger partial charge in [-0.15, -0.1) is 5.10 Å². The van der Waals surface area contributed by atoms with E-state index in [1.54, 1.807) is 0 Å². The Bertz CT molecular complexity index is 335. The van der Waals surface area contributed by atoms with E-state index >= 15 is 0 Å². The van der Waals surface area contributed by atoms with Gasteiger partial charge in [-0.3, -0.25) is 0 Å². The summed E-state index contributed by atoms with van der Waals surface area (Å²) < 4.78 is 10.00. The lowest BCUT2D eigenvalue weighted by Gasteiger charge is -2.14. The van der Waals surface area contributed by atoms with Gasteiger partial charge in [0.15, 0.2) is 0 Å². The molecule has 1 aliphatic carbocycles. The van der Waals surface area contributed by atoms with Crippen LogP contribution < -0.4 is 5.32 Å². The summed E-state index contributed by atoms with van der Waals surface area (Å²) in [7, 11) is 0. The molecule has 0 amide bonds. The normalized spacial score (nSPS) is 17.6. The standard InChI is InChI=1S/C13H23N3OS/c1-2-9-14-13-12(15-16-18-13)10-17-11-7-5-3-4-6-8-11/h11,14H,2-10H2,1H3. The van der Waals surface area contributed by atoms with E-state index in [4.69, 9.17) is 4.74 Å². The Hall–Kier alpha value is -0.680. The van der Waals surface area contributed by atoms with E-state index in [0.717, 1.165) is 23.7 Å². The first-order valence-corrected chi connectivity index (χ1v) is 7.84. The molecular formula is C13H23N3OS. The predicted molar refractivity (Wildman–Crippen MR) is 75.0 cm³/mol. The molecule has 0 unspecified atom stereocenters. The second-order valence-electron chi connectivity index (χ2n) is 4.90. The van der Waals surface area contributed by atoms with Gasteiger partial charge < -0.3 is 10.1 Å². The molecule has 4 nitrogen and oxygen atoms in total. The molecule has 1 aromatic rings. The molecule has 0 radical (unpaired) electrons. The van der Waals surface area contributed by atoms with Crippen LogP contribution in [0.4, 0.5) is 5.00 Å². The highest BCUT2D eigenvalue weighted by atomic mass is 32.1. The van der Waals surface area contributed by atoms with E-state index in [2.05, 4.69) is 21.8 Å². The van der Waals surface area contributed by atoms with Crippen LogP contribution in [0.25, 0.3) is 0 Å². The van der Waals surface area contributed by atoms with Gasteiger partial charge >= 0.3 is 0 Å². The van der Waals surface area contributed by atoms with Gasteiger partial charge in [0.25, 0.3) is 0 Å². The molecule has 0 bridgehead atoms. The third-order valence-electron chi connectivity index (χ3n) is 3.35. The molecule has 0 atom stereocenters. The number of hydrogen-bond donors (Lipinski definition) is 1. The largest absolute Gasteiger partial charge is 0.374 e. The molecule has 1 aliphatic rings. The minimum atomic E-state index is 0.424. The number of aromatic nitrogens is 2. The summed E-state index contributed by atoms with van der Waals surface area (Å²) in [4.78, 5) is 0. The van der Waals surface area contributed by atoms with E-state index in [1.165, 1.54) is 50.1 Å². The third-order valence-corrected chi connectivity index (χ3v) is 4.08. The van der Waals surface area contributed by atoms with Gasteiger partial charge in [-0.25, -0.2) is 0 Å². The molecule has 0 aromatic carbocycles. The highest BCUT2D eigenvalue weighted by Gasteiger charge is 2.15. The Morgan fingerprint density at radius 3 is 2.78 bits per heavy atom. The van der Waals surface area contributed by atoms with Crippen molar-refractivity contribution in [2.24, 2.45) is 0 Å². The molecule has 2 rings (SSSR count). The Balaban J connectivity index is 1.79. The maximum absolute atomic E-state index is 5.99. The number of nitrogens with one attached hydrogen (secondary N) is 1. The van der Waals surface area contributed by atoms with Crippen molar-refractivity contribution >= 4 is 16.5 Å². The van der Waals surface area contributed by atoms with E-state index in [1.807, 2.05) is 0 Å². The SMILES string of the molecule is CCCNc1snnc1COC1CCCCCC1. The fraction of sp³-hybridized carbons (Fsp3) is 0.846. The molecule has 102 valence electrons. The summed E-state index contributed by atoms with van der Waals surface area (Å²) in [6.07, 6.45) is 9.28. The molecule has 1 N–H and O–H groups in total. The highest BCUT2D eigenvalue weighted by Crippen LogP contribution is 2.23. The average molecular weight is 269 g/mol. The number of ether oxygens (including phenoxy) is 1. The zero-order valence-electron chi connectivity index (χ0n) is 11.2. The molecule has 1 heterocycles. The fourth-order valence-electron chi connectivity index (χ4n) is 2.28. The van der Waals surface area contributed by atoms with Gasteiger partial charge in [0, 0.05) is 18.1 Å². The smallest absolute Gasteiger partial charge is 0.135 e. The number of nitrogens with zero attached hydrogens (tertiary/aromatic N) is 2. The van der Waals surface area contributed by atoms with Crippen molar-refractivity contribution in [3.05, 3.63) is 5.69 Å². The van der Waals surface area contributed by atoms with Crippen LogP contribution in [0.1, 0.15) is 57.6 Å². The average Bonchev–Trinajstić information content (AvgIpc) is 2.67. The second kappa shape index (κ2) is 7.69. The Morgan fingerprint density at radius 1 is 1.28 bits per heavy atom.